The maximum absolute atomic E-state index is 11.4. The number of nitrogens with one attached hydrogen (secondary N) is 3. The van der Waals surface area contributed by atoms with E-state index >= 15 is 0 Å². The van der Waals surface area contributed by atoms with Crippen LogP contribution in [0, 0.1) is 0 Å². The lowest BCUT2D eigenvalue weighted by molar-refractivity contribution is 0.200. The lowest BCUT2D eigenvalue weighted by Crippen LogP contribution is -2.27. The molecule has 1 aromatic carbocycles. The zero-order valence-electron chi connectivity index (χ0n) is 11.2. The first kappa shape index (κ1) is 14.8. The van der Waals surface area contributed by atoms with Gasteiger partial charge in [0.15, 0.2) is 0 Å². The lowest BCUT2D eigenvalue weighted by Gasteiger charge is -2.08. The highest BCUT2D eigenvalue weighted by molar-refractivity contribution is 5.89. The van der Waals surface area contributed by atoms with Crippen LogP contribution in [0.15, 0.2) is 24.3 Å². The summed E-state index contributed by atoms with van der Waals surface area (Å²) in [5.74, 6) is 0.378. The number of urea groups is 1. The van der Waals surface area contributed by atoms with Crippen molar-refractivity contribution in [2.75, 3.05) is 18.9 Å². The van der Waals surface area contributed by atoms with E-state index in [9.17, 15) is 9.59 Å². The van der Waals surface area contributed by atoms with Crippen molar-refractivity contribution in [3.63, 3.8) is 0 Å². The second-order valence-corrected chi connectivity index (χ2v) is 3.90. The molecule has 19 heavy (non-hydrogen) atoms. The van der Waals surface area contributed by atoms with Crippen LogP contribution in [0.2, 0.25) is 0 Å². The predicted octanol–water partition coefficient (Wildman–Crippen LogP) is 2.33. The third kappa shape index (κ3) is 5.76. The van der Waals surface area contributed by atoms with Gasteiger partial charge in [0.1, 0.15) is 5.75 Å². The van der Waals surface area contributed by atoms with Crippen molar-refractivity contribution >= 4 is 17.8 Å². The van der Waals surface area contributed by atoms with Crippen LogP contribution in [0.25, 0.3) is 0 Å². The van der Waals surface area contributed by atoms with Crippen LogP contribution in [0.4, 0.5) is 15.3 Å². The Balaban J connectivity index is 2.52. The number of unbranched alkanes of at least 4 members (excludes halogenated alkanes) is 1. The van der Waals surface area contributed by atoms with Gasteiger partial charge in [-0.1, -0.05) is 19.4 Å². The number of benzene rings is 1. The molecule has 0 radical (unpaired) electrons. The zero-order chi connectivity index (χ0) is 14.1. The number of rotatable bonds is 5. The molecule has 0 saturated heterocycles. The van der Waals surface area contributed by atoms with E-state index in [2.05, 4.69) is 16.0 Å². The van der Waals surface area contributed by atoms with Crippen molar-refractivity contribution < 1.29 is 14.3 Å². The molecule has 0 aliphatic rings. The molecule has 0 atom stereocenters. The molecule has 0 heterocycles. The average molecular weight is 265 g/mol. The fraction of sp³-hybridized carbons (Fsp3) is 0.385. The molecule has 0 aliphatic heterocycles. The van der Waals surface area contributed by atoms with Gasteiger partial charge >= 0.3 is 12.1 Å². The van der Waals surface area contributed by atoms with Crippen LogP contribution in [0.1, 0.15) is 19.8 Å². The van der Waals surface area contributed by atoms with Gasteiger partial charge in [-0.2, -0.15) is 0 Å². The summed E-state index contributed by atoms with van der Waals surface area (Å²) in [7, 11) is 1.52. The highest BCUT2D eigenvalue weighted by Gasteiger charge is 2.05. The molecule has 0 fully saturated rings. The molecule has 0 saturated carbocycles. The van der Waals surface area contributed by atoms with Gasteiger partial charge in [-0.05, 0) is 18.6 Å². The number of ether oxygens (including phenoxy) is 1. The third-order valence-corrected chi connectivity index (χ3v) is 2.33. The summed E-state index contributed by atoms with van der Waals surface area (Å²) in [5.41, 5.74) is 0.554. The molecule has 3 amide bonds. The Kier molecular flexibility index (Phi) is 6.21. The second-order valence-electron chi connectivity index (χ2n) is 3.90. The molecular formula is C13H19N3O3. The highest BCUT2D eigenvalue weighted by atomic mass is 16.6. The molecule has 6 heteroatoms. The van der Waals surface area contributed by atoms with Gasteiger partial charge in [0.2, 0.25) is 0 Å². The quantitative estimate of drug-likeness (QED) is 0.715. The smallest absolute Gasteiger partial charge is 0.410 e. The first-order valence-electron chi connectivity index (χ1n) is 6.20. The fourth-order valence-electron chi connectivity index (χ4n) is 1.34. The number of carbonyl (C=O) groups excluding carboxylic acids is 2. The number of carbonyl (C=O) groups is 2. The Bertz CT molecular complexity index is 435. The van der Waals surface area contributed by atoms with E-state index in [0.717, 1.165) is 12.8 Å². The van der Waals surface area contributed by atoms with Crippen LogP contribution in [0.5, 0.6) is 5.75 Å². The largest absolute Gasteiger partial charge is 0.412 e. The monoisotopic (exact) mass is 265 g/mol. The summed E-state index contributed by atoms with van der Waals surface area (Å²) in [6, 6.07) is 6.30. The Labute approximate surface area is 112 Å². The minimum Gasteiger partial charge on any atom is -0.410 e. The number of amides is 3. The van der Waals surface area contributed by atoms with Gasteiger partial charge in [-0.3, -0.25) is 0 Å². The standard InChI is InChI=1S/C13H19N3O3/c1-3-4-8-15-13(18)19-11-7-5-6-10(9-11)16-12(17)14-2/h5-7,9H,3-4,8H2,1-2H3,(H,15,18)(H2,14,16,17). The van der Waals surface area contributed by atoms with Gasteiger partial charge in [0, 0.05) is 25.3 Å². The summed E-state index contributed by atoms with van der Waals surface area (Å²) >= 11 is 0. The highest BCUT2D eigenvalue weighted by Crippen LogP contribution is 2.17. The normalized spacial score (nSPS) is 9.58. The average Bonchev–Trinajstić information content (AvgIpc) is 2.39. The minimum absolute atomic E-state index is 0.329. The molecule has 0 aliphatic carbocycles. The van der Waals surface area contributed by atoms with Gasteiger partial charge in [-0.15, -0.1) is 0 Å². The third-order valence-electron chi connectivity index (χ3n) is 2.33. The molecule has 104 valence electrons. The molecule has 0 spiro atoms. The van der Waals surface area contributed by atoms with Crippen molar-refractivity contribution in [1.82, 2.24) is 10.6 Å². The van der Waals surface area contributed by atoms with Crippen molar-refractivity contribution in [3.05, 3.63) is 24.3 Å². The van der Waals surface area contributed by atoms with Crippen LogP contribution < -0.4 is 20.7 Å². The summed E-state index contributed by atoms with van der Waals surface area (Å²) < 4.78 is 5.10. The molecule has 6 nitrogen and oxygen atoms in total. The first-order chi connectivity index (χ1) is 9.15. The Hall–Kier alpha value is -2.24. The van der Waals surface area contributed by atoms with E-state index in [-0.39, 0.29) is 6.03 Å². The van der Waals surface area contributed by atoms with Gasteiger partial charge < -0.3 is 20.7 Å². The van der Waals surface area contributed by atoms with E-state index in [1.165, 1.54) is 7.05 Å². The maximum atomic E-state index is 11.4. The zero-order valence-corrected chi connectivity index (χ0v) is 11.2. The minimum atomic E-state index is -0.495. The Morgan fingerprint density at radius 2 is 2.11 bits per heavy atom. The Morgan fingerprint density at radius 3 is 2.79 bits per heavy atom. The number of anilines is 1. The number of hydrogen-bond donors (Lipinski definition) is 3. The summed E-state index contributed by atoms with van der Waals surface area (Å²) in [4.78, 5) is 22.6. The van der Waals surface area contributed by atoms with E-state index in [1.807, 2.05) is 6.92 Å². The molecular weight excluding hydrogens is 246 g/mol. The summed E-state index contributed by atoms with van der Waals surface area (Å²) in [5, 5.41) is 7.68. The molecule has 0 aromatic heterocycles. The van der Waals surface area contributed by atoms with Gasteiger partial charge in [0.25, 0.3) is 0 Å². The van der Waals surface area contributed by atoms with E-state index in [4.69, 9.17) is 4.74 Å². The Morgan fingerprint density at radius 1 is 1.32 bits per heavy atom. The molecule has 1 aromatic rings. The SMILES string of the molecule is CCCCNC(=O)Oc1cccc(NC(=O)NC)c1. The second kappa shape index (κ2) is 7.97. The molecule has 1 rings (SSSR count). The summed E-state index contributed by atoms with van der Waals surface area (Å²) in [6.07, 6.45) is 1.42. The van der Waals surface area contributed by atoms with Crippen LogP contribution in [0.3, 0.4) is 0 Å². The van der Waals surface area contributed by atoms with Gasteiger partial charge in [0.05, 0.1) is 0 Å². The van der Waals surface area contributed by atoms with Crippen LogP contribution >= 0.6 is 0 Å². The van der Waals surface area contributed by atoms with E-state index < -0.39 is 6.09 Å². The summed E-state index contributed by atoms with van der Waals surface area (Å²) in [6.45, 7) is 2.63. The topological polar surface area (TPSA) is 79.5 Å². The fourth-order valence-corrected chi connectivity index (χ4v) is 1.34. The first-order valence-corrected chi connectivity index (χ1v) is 6.20. The molecule has 0 unspecified atom stereocenters. The van der Waals surface area contributed by atoms with Gasteiger partial charge in [-0.25, -0.2) is 9.59 Å². The molecule has 0 bridgehead atoms. The maximum Gasteiger partial charge on any atom is 0.412 e. The number of hydrogen-bond acceptors (Lipinski definition) is 3. The van der Waals surface area contributed by atoms with Crippen molar-refractivity contribution in [3.8, 4) is 5.75 Å². The van der Waals surface area contributed by atoms with E-state index in [1.54, 1.807) is 24.3 Å². The van der Waals surface area contributed by atoms with E-state index in [0.29, 0.717) is 18.0 Å². The van der Waals surface area contributed by atoms with Crippen molar-refractivity contribution in [2.24, 2.45) is 0 Å². The van der Waals surface area contributed by atoms with Crippen molar-refractivity contribution in [1.29, 1.82) is 0 Å². The molecule has 3 N–H and O–H groups in total. The van der Waals surface area contributed by atoms with Crippen molar-refractivity contribution in [2.45, 2.75) is 19.8 Å². The van der Waals surface area contributed by atoms with Crippen LogP contribution in [-0.2, 0) is 0 Å². The van der Waals surface area contributed by atoms with Crippen LogP contribution in [-0.4, -0.2) is 25.7 Å². The lowest BCUT2D eigenvalue weighted by atomic mass is 10.3. The predicted molar refractivity (Wildman–Crippen MR) is 73.5 cm³/mol.